The fourth-order valence-corrected chi connectivity index (χ4v) is 9.95. The van der Waals surface area contributed by atoms with Gasteiger partial charge in [0.1, 0.15) is 0 Å². The topological polar surface area (TPSA) is 46.5 Å². The monoisotopic (exact) mass is 470 g/mol. The molecule has 0 bridgehead atoms. The van der Waals surface area contributed by atoms with Gasteiger partial charge in [-0.25, -0.2) is 0 Å². The Morgan fingerprint density at radius 2 is 1.68 bits per heavy atom. The highest BCUT2D eigenvalue weighted by atomic mass is 16.5. The first-order valence-corrected chi connectivity index (χ1v) is 13.9. The minimum atomic E-state index is -0.789. The largest absolute Gasteiger partial charge is 0.469 e. The number of rotatable bonds is 4. The Morgan fingerprint density at radius 1 is 0.971 bits per heavy atom. The van der Waals surface area contributed by atoms with Gasteiger partial charge >= 0.3 is 5.97 Å². The molecule has 4 rings (SSSR count). The maximum absolute atomic E-state index is 13.0. The van der Waals surface area contributed by atoms with E-state index in [1.54, 1.807) is 11.1 Å². The van der Waals surface area contributed by atoms with Crippen LogP contribution in [-0.4, -0.2) is 24.3 Å². The van der Waals surface area contributed by atoms with Gasteiger partial charge in [-0.05, 0) is 126 Å². The molecule has 4 saturated carbocycles. The van der Waals surface area contributed by atoms with Crippen LogP contribution < -0.4 is 0 Å². The Labute approximate surface area is 208 Å². The van der Waals surface area contributed by atoms with Crippen molar-refractivity contribution in [3.05, 3.63) is 22.8 Å². The molecule has 0 radical (unpaired) electrons. The molecule has 4 aliphatic rings. The summed E-state index contributed by atoms with van der Waals surface area (Å²) in [5.41, 5.74) is 4.74. The van der Waals surface area contributed by atoms with Crippen molar-refractivity contribution in [3.63, 3.8) is 0 Å². The zero-order valence-corrected chi connectivity index (χ0v) is 23.2. The summed E-state index contributed by atoms with van der Waals surface area (Å²) < 4.78 is 5.29. The second-order valence-electron chi connectivity index (χ2n) is 13.6. The number of hydrogen-bond acceptors (Lipinski definition) is 3. The van der Waals surface area contributed by atoms with Crippen LogP contribution in [0.15, 0.2) is 22.8 Å². The summed E-state index contributed by atoms with van der Waals surface area (Å²) in [6.07, 6.45) is 13.2. The van der Waals surface area contributed by atoms with Crippen molar-refractivity contribution >= 4 is 5.97 Å². The molecule has 34 heavy (non-hydrogen) atoms. The van der Waals surface area contributed by atoms with Gasteiger partial charge in [-0.1, -0.05) is 43.6 Å². The first kappa shape index (κ1) is 26.0. The number of allylic oxidation sites excluding steroid dienone is 4. The van der Waals surface area contributed by atoms with Gasteiger partial charge in [0.2, 0.25) is 0 Å². The first-order chi connectivity index (χ1) is 15.9. The molecule has 4 unspecified atom stereocenters. The molecule has 0 spiro atoms. The van der Waals surface area contributed by atoms with E-state index in [9.17, 15) is 9.90 Å². The molecule has 0 aromatic heterocycles. The SMILES string of the molecule is COC(=O)[C@@]1(C)C(O)CC[C@@]2(C)C1CC[C@@]1(C)C2CCC2C(=C(C)CCC=C(C)C)CC[C@@]21C. The molecular formula is C31H50O3. The standard InChI is InChI=1S/C31H50O3/c1-20(2)10-9-11-21(3)22-14-18-29(5)23(22)12-13-24-28(4)17-16-26(32)31(7,27(33)34-8)25(28)15-19-30(24,29)6/h10,23-26,32H,9,11-19H2,1-8H3/t23?,24?,25?,26?,28-,29+,30+,31-/m1/s1. The van der Waals surface area contributed by atoms with Gasteiger partial charge in [-0.15, -0.1) is 0 Å². The third kappa shape index (κ3) is 3.50. The summed E-state index contributed by atoms with van der Waals surface area (Å²) in [5.74, 6) is 1.29. The molecule has 3 heteroatoms. The highest BCUT2D eigenvalue weighted by molar-refractivity contribution is 5.78. The van der Waals surface area contributed by atoms with E-state index in [-0.39, 0.29) is 22.7 Å². The van der Waals surface area contributed by atoms with Crippen LogP contribution >= 0.6 is 0 Å². The molecule has 4 fully saturated rings. The smallest absolute Gasteiger partial charge is 0.314 e. The van der Waals surface area contributed by atoms with Gasteiger partial charge in [-0.2, -0.15) is 0 Å². The maximum Gasteiger partial charge on any atom is 0.314 e. The number of carbonyl (C=O) groups excluding carboxylic acids is 1. The maximum atomic E-state index is 13.0. The normalized spacial score (nSPS) is 47.2. The van der Waals surface area contributed by atoms with Crippen LogP contribution in [0.1, 0.15) is 113 Å². The van der Waals surface area contributed by atoms with Crippen LogP contribution in [0.25, 0.3) is 0 Å². The summed E-state index contributed by atoms with van der Waals surface area (Å²) in [6.45, 7) is 16.5. The molecule has 192 valence electrons. The van der Waals surface area contributed by atoms with Crippen molar-refractivity contribution in [1.29, 1.82) is 0 Å². The summed E-state index contributed by atoms with van der Waals surface area (Å²) in [7, 11) is 1.48. The van der Waals surface area contributed by atoms with Crippen molar-refractivity contribution in [2.45, 2.75) is 119 Å². The molecule has 0 aromatic rings. The molecule has 0 aliphatic heterocycles. The fraction of sp³-hybridized carbons (Fsp3) is 0.839. The fourth-order valence-electron chi connectivity index (χ4n) is 9.95. The minimum Gasteiger partial charge on any atom is -0.469 e. The Kier molecular flexibility index (Phi) is 6.71. The number of ether oxygens (including phenoxy) is 1. The van der Waals surface area contributed by atoms with Crippen molar-refractivity contribution in [2.75, 3.05) is 7.11 Å². The molecule has 0 amide bonds. The number of esters is 1. The summed E-state index contributed by atoms with van der Waals surface area (Å²) in [6, 6.07) is 0. The van der Waals surface area contributed by atoms with Crippen LogP contribution in [0, 0.1) is 39.4 Å². The number of hydrogen-bond donors (Lipinski definition) is 1. The van der Waals surface area contributed by atoms with E-state index >= 15 is 0 Å². The van der Waals surface area contributed by atoms with E-state index in [2.05, 4.69) is 47.6 Å². The van der Waals surface area contributed by atoms with Crippen LogP contribution in [0.2, 0.25) is 0 Å². The van der Waals surface area contributed by atoms with Gasteiger partial charge in [0.25, 0.3) is 0 Å². The zero-order valence-electron chi connectivity index (χ0n) is 23.2. The van der Waals surface area contributed by atoms with Gasteiger partial charge in [-0.3, -0.25) is 4.79 Å². The Balaban J connectivity index is 1.67. The zero-order chi connectivity index (χ0) is 25.1. The second kappa shape index (κ2) is 8.79. The van der Waals surface area contributed by atoms with Crippen LogP contribution in [0.5, 0.6) is 0 Å². The number of fused-ring (bicyclic) bond motifs is 5. The Hall–Kier alpha value is -1.09. The average Bonchev–Trinajstić information content (AvgIpc) is 3.14. The molecule has 0 aromatic carbocycles. The van der Waals surface area contributed by atoms with Gasteiger partial charge < -0.3 is 9.84 Å². The predicted molar refractivity (Wildman–Crippen MR) is 139 cm³/mol. The highest BCUT2D eigenvalue weighted by Gasteiger charge is 2.69. The molecule has 1 N–H and O–H groups in total. The van der Waals surface area contributed by atoms with Gasteiger partial charge in [0.05, 0.1) is 18.6 Å². The lowest BCUT2D eigenvalue weighted by atomic mass is 9.35. The molecule has 0 saturated heterocycles. The third-order valence-corrected chi connectivity index (χ3v) is 12.1. The van der Waals surface area contributed by atoms with E-state index in [1.807, 2.05) is 6.92 Å². The van der Waals surface area contributed by atoms with E-state index in [4.69, 9.17) is 4.74 Å². The van der Waals surface area contributed by atoms with Crippen molar-refractivity contribution in [2.24, 2.45) is 39.4 Å². The van der Waals surface area contributed by atoms with Gasteiger partial charge in [0, 0.05) is 0 Å². The van der Waals surface area contributed by atoms with Gasteiger partial charge in [0.15, 0.2) is 0 Å². The van der Waals surface area contributed by atoms with Crippen molar-refractivity contribution < 1.29 is 14.6 Å². The average molecular weight is 471 g/mol. The van der Waals surface area contributed by atoms with Crippen LogP contribution in [-0.2, 0) is 9.53 Å². The highest BCUT2D eigenvalue weighted by Crippen LogP contribution is 2.75. The predicted octanol–water partition coefficient (Wildman–Crippen LogP) is 7.63. The molecule has 0 heterocycles. The summed E-state index contributed by atoms with van der Waals surface area (Å²) >= 11 is 0. The number of carbonyl (C=O) groups is 1. The van der Waals surface area contributed by atoms with Crippen molar-refractivity contribution in [1.82, 2.24) is 0 Å². The lowest BCUT2D eigenvalue weighted by Gasteiger charge is -2.69. The Bertz CT molecular complexity index is 881. The number of aliphatic hydroxyl groups excluding tert-OH is 1. The summed E-state index contributed by atoms with van der Waals surface area (Å²) in [4.78, 5) is 13.0. The Morgan fingerprint density at radius 3 is 2.32 bits per heavy atom. The molecular weight excluding hydrogens is 420 g/mol. The summed E-state index contributed by atoms with van der Waals surface area (Å²) in [5, 5.41) is 11.0. The molecule has 3 nitrogen and oxygen atoms in total. The third-order valence-electron chi connectivity index (χ3n) is 12.1. The minimum absolute atomic E-state index is 0.0775. The van der Waals surface area contributed by atoms with E-state index in [0.29, 0.717) is 23.7 Å². The van der Waals surface area contributed by atoms with E-state index < -0.39 is 11.5 Å². The number of methoxy groups -OCH3 is 1. The molecule has 8 atom stereocenters. The number of aliphatic hydroxyl groups is 1. The van der Waals surface area contributed by atoms with Crippen molar-refractivity contribution in [3.8, 4) is 0 Å². The van der Waals surface area contributed by atoms with Crippen LogP contribution in [0.3, 0.4) is 0 Å². The first-order valence-electron chi connectivity index (χ1n) is 13.9. The quantitative estimate of drug-likeness (QED) is 0.339. The second-order valence-corrected chi connectivity index (χ2v) is 13.6. The molecule has 4 aliphatic carbocycles. The van der Waals surface area contributed by atoms with E-state index in [1.165, 1.54) is 44.8 Å². The van der Waals surface area contributed by atoms with Crippen LogP contribution in [0.4, 0.5) is 0 Å². The lowest BCUT2D eigenvalue weighted by Crippen LogP contribution is -2.65. The lowest BCUT2D eigenvalue weighted by molar-refractivity contribution is -0.228. The van der Waals surface area contributed by atoms with E-state index in [0.717, 1.165) is 25.7 Å².